The number of methoxy groups -OCH3 is 2. The molecule has 250 valence electrons. The summed E-state index contributed by atoms with van der Waals surface area (Å²) >= 11 is 7.59. The Labute approximate surface area is 277 Å². The van der Waals surface area contributed by atoms with Gasteiger partial charge in [0.15, 0.2) is 17.2 Å². The van der Waals surface area contributed by atoms with Crippen LogP contribution in [0.2, 0.25) is 5.02 Å². The van der Waals surface area contributed by atoms with E-state index in [0.717, 1.165) is 4.70 Å². The quantitative estimate of drug-likeness (QED) is 0.108. The summed E-state index contributed by atoms with van der Waals surface area (Å²) in [4.78, 5) is 38.9. The number of benzene rings is 2. The number of rotatable bonds is 13. The van der Waals surface area contributed by atoms with Crippen LogP contribution < -0.4 is 14.8 Å². The van der Waals surface area contributed by atoms with Crippen LogP contribution in [0.15, 0.2) is 48.0 Å². The number of nitrogens with one attached hydrogen (secondary N) is 1. The summed E-state index contributed by atoms with van der Waals surface area (Å²) < 4.78 is 47.9. The molecule has 0 fully saturated rings. The molecule has 46 heavy (non-hydrogen) atoms. The average molecular weight is 696 g/mol. The van der Waals surface area contributed by atoms with Crippen molar-refractivity contribution in [3.05, 3.63) is 64.1 Å². The van der Waals surface area contributed by atoms with Gasteiger partial charge in [-0.15, -0.1) is 11.3 Å². The Morgan fingerprint density at radius 1 is 0.935 bits per heavy atom. The molecule has 1 unspecified atom stereocenters. The molecule has 0 saturated carbocycles. The Hall–Kier alpha value is -3.41. The van der Waals surface area contributed by atoms with E-state index >= 15 is 0 Å². The Balaban J connectivity index is 2.05. The van der Waals surface area contributed by atoms with Crippen molar-refractivity contribution in [2.24, 2.45) is 10.8 Å². The number of fused-ring (bicyclic) bond motifs is 1. The van der Waals surface area contributed by atoms with Crippen LogP contribution in [-0.4, -0.2) is 45.7 Å². The molecular weight excluding hydrogens is 657 g/mol. The van der Waals surface area contributed by atoms with Gasteiger partial charge in [-0.05, 0) is 88.2 Å². The minimum atomic E-state index is -4.63. The maximum atomic E-state index is 14.7. The van der Waals surface area contributed by atoms with Crippen LogP contribution in [0.3, 0.4) is 0 Å². The summed E-state index contributed by atoms with van der Waals surface area (Å²) in [6.45, 7) is 8.22. The van der Waals surface area contributed by atoms with E-state index in [-0.39, 0.29) is 5.56 Å². The minimum absolute atomic E-state index is 0.278. The smallest absolute Gasteiger partial charge is 0.353 e. The summed E-state index contributed by atoms with van der Waals surface area (Å²) in [6.07, 6.45) is 2.92. The number of hydrogen-bond donors (Lipinski definition) is 1. The molecule has 1 amide bonds. The number of amides is 1. The monoisotopic (exact) mass is 695 g/mol. The van der Waals surface area contributed by atoms with Gasteiger partial charge in [-0.1, -0.05) is 23.7 Å². The first-order valence-corrected chi connectivity index (χ1v) is 17.0. The maximum absolute atomic E-state index is 14.7. The molecule has 11 nitrogen and oxygen atoms in total. The second-order valence-electron chi connectivity index (χ2n) is 12.1. The van der Waals surface area contributed by atoms with Crippen LogP contribution in [0.4, 0.5) is 0 Å². The molecule has 1 atom stereocenters. The third kappa shape index (κ3) is 9.33. The van der Waals surface area contributed by atoms with Crippen molar-refractivity contribution < 1.29 is 46.9 Å². The van der Waals surface area contributed by atoms with Crippen LogP contribution in [0, 0.1) is 10.8 Å². The molecule has 3 rings (SSSR count). The van der Waals surface area contributed by atoms with Gasteiger partial charge in [-0.25, -0.2) is 0 Å². The van der Waals surface area contributed by atoms with Crippen molar-refractivity contribution in [2.75, 3.05) is 27.8 Å². The van der Waals surface area contributed by atoms with Gasteiger partial charge in [-0.3, -0.25) is 28.0 Å². The van der Waals surface area contributed by atoms with Crippen molar-refractivity contribution in [1.82, 2.24) is 5.32 Å². The highest BCUT2D eigenvalue weighted by atomic mass is 35.5. The maximum Gasteiger partial charge on any atom is 0.353 e. The molecule has 0 saturated heterocycles. The molecule has 1 N–H and O–H groups in total. The predicted molar refractivity (Wildman–Crippen MR) is 177 cm³/mol. The van der Waals surface area contributed by atoms with E-state index < -0.39 is 55.5 Å². The highest BCUT2D eigenvalue weighted by Crippen LogP contribution is 2.62. The lowest BCUT2D eigenvalue weighted by molar-refractivity contribution is -0.162. The van der Waals surface area contributed by atoms with Crippen LogP contribution in [-0.2, 0) is 37.5 Å². The molecule has 14 heteroatoms. The van der Waals surface area contributed by atoms with Gasteiger partial charge < -0.3 is 24.3 Å². The highest BCUT2D eigenvalue weighted by Gasteiger charge is 2.45. The Morgan fingerprint density at radius 3 is 2.09 bits per heavy atom. The fraction of sp³-hybridized carbons (Fsp3) is 0.406. The minimum Gasteiger partial charge on any atom is -0.493 e. The lowest BCUT2D eigenvalue weighted by atomic mass is 9.98. The summed E-state index contributed by atoms with van der Waals surface area (Å²) in [5.41, 5.74) is -2.53. The number of carbonyl (C=O) groups excluding carboxylic acids is 3. The Morgan fingerprint density at radius 2 is 1.54 bits per heavy atom. The fourth-order valence-electron chi connectivity index (χ4n) is 3.95. The lowest BCUT2D eigenvalue weighted by Gasteiger charge is -2.27. The molecule has 0 aliphatic carbocycles. The standard InChI is InChI=1S/C32H39ClNO10PS/c1-31(2,3)29(36)41-18-43-45(38,44-19-42-30(37)32(4,5)6)27(23-17-46-25-13-12-21(33)16-22(23)25)28(35)34-15-14-20-10-9-11-24(39-7)26(20)40-8/h9-17,27H,18-19H2,1-8H3,(H,34,35)/b15-14+. The zero-order valence-electron chi connectivity index (χ0n) is 27.0. The average Bonchev–Trinajstić information content (AvgIpc) is 3.38. The first kappa shape index (κ1) is 37.1. The van der Waals surface area contributed by atoms with Gasteiger partial charge in [0.05, 0.1) is 25.0 Å². The molecule has 1 heterocycles. The number of halogens is 1. The zero-order valence-corrected chi connectivity index (χ0v) is 29.5. The van der Waals surface area contributed by atoms with Crippen LogP contribution >= 0.6 is 30.5 Å². The van der Waals surface area contributed by atoms with Crippen LogP contribution in [0.5, 0.6) is 11.5 Å². The largest absolute Gasteiger partial charge is 0.493 e. The third-order valence-corrected chi connectivity index (χ3v) is 9.71. The van der Waals surface area contributed by atoms with Gasteiger partial charge >= 0.3 is 19.5 Å². The predicted octanol–water partition coefficient (Wildman–Crippen LogP) is 7.72. The second kappa shape index (κ2) is 15.5. The lowest BCUT2D eigenvalue weighted by Crippen LogP contribution is -2.29. The normalized spacial score (nSPS) is 13.0. The van der Waals surface area contributed by atoms with E-state index in [1.807, 2.05) is 0 Å². The molecule has 2 aromatic carbocycles. The van der Waals surface area contributed by atoms with Crippen LogP contribution in [0.25, 0.3) is 16.2 Å². The fourth-order valence-corrected chi connectivity index (χ4v) is 6.88. The highest BCUT2D eigenvalue weighted by molar-refractivity contribution is 7.55. The van der Waals surface area contributed by atoms with Gasteiger partial charge in [0.2, 0.25) is 19.5 Å². The van der Waals surface area contributed by atoms with Crippen molar-refractivity contribution >= 4 is 64.5 Å². The number of thiophene rings is 1. The molecule has 0 aliphatic heterocycles. The number of hydrogen-bond acceptors (Lipinski definition) is 11. The number of esters is 2. The molecule has 3 aromatic rings. The van der Waals surface area contributed by atoms with E-state index in [2.05, 4.69) is 5.32 Å². The van der Waals surface area contributed by atoms with Gasteiger partial charge in [0, 0.05) is 21.5 Å². The van der Waals surface area contributed by atoms with Gasteiger partial charge in [-0.2, -0.15) is 0 Å². The number of para-hydroxylation sites is 1. The van der Waals surface area contributed by atoms with Crippen molar-refractivity contribution in [1.29, 1.82) is 0 Å². The summed E-state index contributed by atoms with van der Waals surface area (Å²) in [5.74, 6) is -1.14. The number of ether oxygens (including phenoxy) is 4. The summed E-state index contributed by atoms with van der Waals surface area (Å²) in [5, 5.41) is 5.20. The van der Waals surface area contributed by atoms with Crippen molar-refractivity contribution in [2.45, 2.75) is 47.2 Å². The van der Waals surface area contributed by atoms with Crippen LogP contribution in [0.1, 0.15) is 58.3 Å². The molecule has 0 radical (unpaired) electrons. The van der Waals surface area contributed by atoms with E-state index in [0.29, 0.717) is 27.5 Å². The van der Waals surface area contributed by atoms with Gasteiger partial charge in [0.1, 0.15) is 0 Å². The first-order chi connectivity index (χ1) is 21.5. The van der Waals surface area contributed by atoms with E-state index in [4.69, 9.17) is 39.6 Å². The van der Waals surface area contributed by atoms with E-state index in [1.165, 1.54) is 31.8 Å². The number of carbonyl (C=O) groups is 3. The van der Waals surface area contributed by atoms with Crippen molar-refractivity contribution in [3.63, 3.8) is 0 Å². The first-order valence-electron chi connectivity index (χ1n) is 14.1. The second-order valence-corrected chi connectivity index (χ2v) is 15.5. The molecule has 0 bridgehead atoms. The summed E-state index contributed by atoms with van der Waals surface area (Å²) in [7, 11) is -1.64. The van der Waals surface area contributed by atoms with E-state index in [1.54, 1.807) is 89.4 Å². The molecule has 0 spiro atoms. The van der Waals surface area contributed by atoms with E-state index in [9.17, 15) is 18.9 Å². The van der Waals surface area contributed by atoms with Gasteiger partial charge in [0.25, 0.3) is 0 Å². The molecule has 0 aliphatic rings. The summed E-state index contributed by atoms with van der Waals surface area (Å²) in [6, 6.07) is 10.3. The topological polar surface area (TPSA) is 136 Å². The Bertz CT molecular complexity index is 1600. The third-order valence-electron chi connectivity index (χ3n) is 6.42. The molecule has 1 aromatic heterocycles. The van der Waals surface area contributed by atoms with Crippen molar-refractivity contribution in [3.8, 4) is 11.5 Å². The zero-order chi connectivity index (χ0) is 34.3. The Kier molecular flexibility index (Phi) is 12.4. The SMILES string of the molecule is COc1cccc(/C=C/NC(=O)C(c2csc3ccc(Cl)cc23)P(=O)(OCOC(=O)C(C)(C)C)OCOC(=O)C(C)(C)C)c1OC. The molecular formula is C32H39ClNO10PS.